The molecule has 0 saturated carbocycles. The number of carbonyl (C=O) groups is 1. The number of nitrogens with zero attached hydrogens (tertiary/aromatic N) is 3. The van der Waals surface area contributed by atoms with Crippen molar-refractivity contribution in [2.45, 2.75) is 11.8 Å². The molecule has 0 spiro atoms. The van der Waals surface area contributed by atoms with Crippen molar-refractivity contribution in [3.8, 4) is 5.69 Å². The van der Waals surface area contributed by atoms with Crippen LogP contribution >= 0.6 is 0 Å². The Morgan fingerprint density at radius 2 is 1.92 bits per heavy atom. The number of anilines is 1. The van der Waals surface area contributed by atoms with Crippen molar-refractivity contribution >= 4 is 21.5 Å². The summed E-state index contributed by atoms with van der Waals surface area (Å²) in [6, 6.07) is 12.7. The SMILES string of the molecule is CC(=O)c1cccc(S(=O)(=O)Nc2ccccc2-n2cncn2)c1. The largest absolute Gasteiger partial charge is 0.295 e. The molecule has 122 valence electrons. The fourth-order valence-electron chi connectivity index (χ4n) is 2.18. The first kappa shape index (κ1) is 15.9. The number of aromatic nitrogens is 3. The number of nitrogens with one attached hydrogen (secondary N) is 1. The van der Waals surface area contributed by atoms with Gasteiger partial charge in [-0.3, -0.25) is 9.52 Å². The highest BCUT2D eigenvalue weighted by molar-refractivity contribution is 7.92. The number of sulfonamides is 1. The van der Waals surface area contributed by atoms with Crippen molar-refractivity contribution in [1.29, 1.82) is 0 Å². The van der Waals surface area contributed by atoms with Gasteiger partial charge in [-0.15, -0.1) is 0 Å². The summed E-state index contributed by atoms with van der Waals surface area (Å²) in [7, 11) is -3.85. The Morgan fingerprint density at radius 3 is 2.62 bits per heavy atom. The van der Waals surface area contributed by atoms with E-state index in [9.17, 15) is 13.2 Å². The summed E-state index contributed by atoms with van der Waals surface area (Å²) in [5.41, 5.74) is 1.24. The fourth-order valence-corrected chi connectivity index (χ4v) is 3.30. The molecular weight excluding hydrogens is 328 g/mol. The highest BCUT2D eigenvalue weighted by atomic mass is 32.2. The Morgan fingerprint density at radius 1 is 1.12 bits per heavy atom. The molecule has 1 N–H and O–H groups in total. The monoisotopic (exact) mass is 342 g/mol. The van der Waals surface area contributed by atoms with Crippen molar-refractivity contribution in [1.82, 2.24) is 14.8 Å². The van der Waals surface area contributed by atoms with Crippen molar-refractivity contribution in [3.05, 3.63) is 66.7 Å². The Kier molecular flexibility index (Phi) is 4.13. The Labute approximate surface area is 139 Å². The molecule has 0 aliphatic heterocycles. The predicted octanol–water partition coefficient (Wildman–Crippen LogP) is 2.27. The number of hydrogen-bond donors (Lipinski definition) is 1. The standard InChI is InChI=1S/C16H14N4O3S/c1-12(21)13-5-4-6-14(9-13)24(22,23)19-15-7-2-3-8-16(15)20-11-17-10-18-20/h2-11,19H,1H3. The van der Waals surface area contributed by atoms with Gasteiger partial charge in [0.25, 0.3) is 10.0 Å². The fraction of sp³-hybridized carbons (Fsp3) is 0.0625. The van der Waals surface area contributed by atoms with Crippen LogP contribution in [0.1, 0.15) is 17.3 Å². The third-order valence-corrected chi connectivity index (χ3v) is 4.73. The van der Waals surface area contributed by atoms with E-state index in [2.05, 4.69) is 14.8 Å². The number of carbonyl (C=O) groups excluding carboxylic acids is 1. The maximum absolute atomic E-state index is 12.6. The summed E-state index contributed by atoms with van der Waals surface area (Å²) in [6.45, 7) is 1.39. The molecule has 7 nitrogen and oxygen atoms in total. The summed E-state index contributed by atoms with van der Waals surface area (Å²) < 4.78 is 29.3. The highest BCUT2D eigenvalue weighted by Gasteiger charge is 2.17. The van der Waals surface area contributed by atoms with Gasteiger partial charge in [0.2, 0.25) is 0 Å². The first-order valence-electron chi connectivity index (χ1n) is 7.05. The van der Waals surface area contributed by atoms with Crippen LogP contribution in [0, 0.1) is 0 Å². The van der Waals surface area contributed by atoms with Gasteiger partial charge in [-0.25, -0.2) is 18.1 Å². The zero-order chi connectivity index (χ0) is 17.2. The summed E-state index contributed by atoms with van der Waals surface area (Å²) in [5, 5.41) is 4.01. The number of para-hydroxylation sites is 2. The van der Waals surface area contributed by atoms with Gasteiger partial charge in [-0.1, -0.05) is 24.3 Å². The van der Waals surface area contributed by atoms with E-state index in [1.807, 2.05) is 0 Å². The van der Waals surface area contributed by atoms with Crippen molar-refractivity contribution in [3.63, 3.8) is 0 Å². The topological polar surface area (TPSA) is 94.0 Å². The van der Waals surface area contributed by atoms with Gasteiger partial charge >= 0.3 is 0 Å². The molecule has 1 heterocycles. The third kappa shape index (κ3) is 3.18. The quantitative estimate of drug-likeness (QED) is 0.718. The van der Waals surface area contributed by atoms with E-state index in [0.717, 1.165) is 0 Å². The second kappa shape index (κ2) is 6.25. The van der Waals surface area contributed by atoms with Crippen LogP contribution in [0.25, 0.3) is 5.69 Å². The van der Waals surface area contributed by atoms with Crippen molar-refractivity contribution < 1.29 is 13.2 Å². The van der Waals surface area contributed by atoms with Crippen LogP contribution in [-0.2, 0) is 10.0 Å². The summed E-state index contributed by atoms with van der Waals surface area (Å²) in [5.74, 6) is -0.199. The lowest BCUT2D eigenvalue weighted by molar-refractivity contribution is 0.101. The lowest BCUT2D eigenvalue weighted by Gasteiger charge is -2.12. The van der Waals surface area contributed by atoms with E-state index in [0.29, 0.717) is 16.9 Å². The number of ketones is 1. The lowest BCUT2D eigenvalue weighted by Crippen LogP contribution is -2.15. The minimum Gasteiger partial charge on any atom is -0.295 e. The molecule has 0 aliphatic rings. The van der Waals surface area contributed by atoms with Gasteiger partial charge in [0.15, 0.2) is 5.78 Å². The number of Topliss-reactive ketones (excluding diaryl/α,β-unsaturated/α-hetero) is 1. The molecule has 0 bridgehead atoms. The smallest absolute Gasteiger partial charge is 0.261 e. The molecule has 8 heteroatoms. The van der Waals surface area contributed by atoms with Crippen molar-refractivity contribution in [2.24, 2.45) is 0 Å². The minimum absolute atomic E-state index is 0.0172. The van der Waals surface area contributed by atoms with Gasteiger partial charge in [-0.2, -0.15) is 5.10 Å². The highest BCUT2D eigenvalue weighted by Crippen LogP contribution is 2.23. The molecule has 2 aromatic carbocycles. The molecule has 0 radical (unpaired) electrons. The van der Waals surface area contributed by atoms with E-state index >= 15 is 0 Å². The van der Waals surface area contributed by atoms with Crippen molar-refractivity contribution in [2.75, 3.05) is 4.72 Å². The molecule has 0 saturated heterocycles. The Balaban J connectivity index is 1.99. The van der Waals surface area contributed by atoms with Gasteiger partial charge < -0.3 is 0 Å². The van der Waals surface area contributed by atoms with Crippen LogP contribution in [-0.4, -0.2) is 29.0 Å². The normalized spacial score (nSPS) is 11.2. The van der Waals surface area contributed by atoms with E-state index in [1.54, 1.807) is 30.3 Å². The second-order valence-corrected chi connectivity index (χ2v) is 6.73. The molecule has 24 heavy (non-hydrogen) atoms. The molecule has 0 aliphatic carbocycles. The van der Waals surface area contributed by atoms with Crippen LogP contribution in [0.5, 0.6) is 0 Å². The molecule has 0 unspecified atom stereocenters. The van der Waals surface area contributed by atoms with Crippen LogP contribution < -0.4 is 4.72 Å². The second-order valence-electron chi connectivity index (χ2n) is 5.05. The van der Waals surface area contributed by atoms with Gasteiger partial charge in [0.05, 0.1) is 16.3 Å². The van der Waals surface area contributed by atoms with Crippen LogP contribution in [0.4, 0.5) is 5.69 Å². The molecule has 3 aromatic rings. The minimum atomic E-state index is -3.85. The average Bonchev–Trinajstić information content (AvgIpc) is 3.09. The zero-order valence-corrected chi connectivity index (χ0v) is 13.6. The Hall–Kier alpha value is -3.00. The van der Waals surface area contributed by atoms with Gasteiger partial charge in [0.1, 0.15) is 12.7 Å². The maximum Gasteiger partial charge on any atom is 0.261 e. The van der Waals surface area contributed by atoms with E-state index in [4.69, 9.17) is 0 Å². The predicted molar refractivity (Wildman–Crippen MR) is 88.6 cm³/mol. The van der Waals surface area contributed by atoms with Gasteiger partial charge in [-0.05, 0) is 31.2 Å². The average molecular weight is 342 g/mol. The summed E-state index contributed by atoms with van der Waals surface area (Å²) >= 11 is 0. The summed E-state index contributed by atoms with van der Waals surface area (Å²) in [6.07, 6.45) is 2.84. The molecule has 3 rings (SSSR count). The number of rotatable bonds is 5. The third-order valence-electron chi connectivity index (χ3n) is 3.36. The van der Waals surface area contributed by atoms with Crippen LogP contribution in [0.15, 0.2) is 66.1 Å². The molecule has 0 fully saturated rings. The van der Waals surface area contributed by atoms with Crippen LogP contribution in [0.2, 0.25) is 0 Å². The molecular formula is C16H14N4O3S. The molecule has 0 amide bonds. The first-order valence-corrected chi connectivity index (χ1v) is 8.53. The molecule has 1 aromatic heterocycles. The maximum atomic E-state index is 12.6. The number of benzene rings is 2. The first-order chi connectivity index (χ1) is 11.5. The molecule has 0 atom stereocenters. The van der Waals surface area contributed by atoms with Crippen LogP contribution in [0.3, 0.4) is 0 Å². The summed E-state index contributed by atoms with van der Waals surface area (Å²) in [4.78, 5) is 15.3. The van der Waals surface area contributed by atoms with E-state index < -0.39 is 10.0 Å². The Bertz CT molecular complexity index is 982. The zero-order valence-electron chi connectivity index (χ0n) is 12.7. The van der Waals surface area contributed by atoms with E-state index in [1.165, 1.54) is 42.5 Å². The van der Waals surface area contributed by atoms with Gasteiger partial charge in [0, 0.05) is 5.56 Å². The van der Waals surface area contributed by atoms with E-state index in [-0.39, 0.29) is 10.7 Å². The number of hydrogen-bond acceptors (Lipinski definition) is 5. The lowest BCUT2D eigenvalue weighted by atomic mass is 10.2.